The largest absolute Gasteiger partial charge is 0.480 e. The van der Waals surface area contributed by atoms with Crippen LogP contribution in [0.15, 0.2) is 36.2 Å². The third kappa shape index (κ3) is 13.8. The van der Waals surface area contributed by atoms with E-state index in [0.717, 1.165) is 6.42 Å². The number of piperidine rings is 1. The van der Waals surface area contributed by atoms with Crippen molar-refractivity contribution >= 4 is 29.6 Å². The number of nitrogens with zero attached hydrogens (tertiary/aromatic N) is 2. The van der Waals surface area contributed by atoms with Crippen molar-refractivity contribution in [2.75, 3.05) is 34.9 Å². The van der Waals surface area contributed by atoms with E-state index in [-0.39, 0.29) is 66.5 Å². The summed E-state index contributed by atoms with van der Waals surface area (Å²) in [7, 11) is 6.32. The number of likely N-dealkylation sites (tertiary alicyclic amines) is 1. The number of amides is 4. The van der Waals surface area contributed by atoms with E-state index in [1.54, 1.807) is 30.8 Å². The fourth-order valence-corrected chi connectivity index (χ4v) is 7.49. The summed E-state index contributed by atoms with van der Waals surface area (Å²) in [6, 6.07) is -2.82. The summed E-state index contributed by atoms with van der Waals surface area (Å²) in [5, 5.41) is 18.1. The Hall–Kier alpha value is -3.62. The molecule has 10 atom stereocenters. The molecule has 14 heteroatoms. The van der Waals surface area contributed by atoms with Gasteiger partial charge in [-0.25, -0.2) is 9.18 Å². The van der Waals surface area contributed by atoms with Gasteiger partial charge >= 0.3 is 5.97 Å². The normalized spacial score (nSPS) is 21.8. The Kier molecular flexibility index (Phi) is 21.7. The molecular weight excluding hydrogens is 709 g/mol. The van der Waals surface area contributed by atoms with Crippen LogP contribution in [0, 0.1) is 23.7 Å². The smallest absolute Gasteiger partial charge is 0.326 e. The van der Waals surface area contributed by atoms with Gasteiger partial charge in [-0.2, -0.15) is 0 Å². The summed E-state index contributed by atoms with van der Waals surface area (Å²) in [5.41, 5.74) is 0.0860. The summed E-state index contributed by atoms with van der Waals surface area (Å²) >= 11 is 0. The maximum atomic E-state index is 14.4. The zero-order valence-corrected chi connectivity index (χ0v) is 35.3. The van der Waals surface area contributed by atoms with Gasteiger partial charge in [0.25, 0.3) is 0 Å². The Bertz CT molecular complexity index is 1360. The molecule has 0 aromatic carbocycles. The Morgan fingerprint density at radius 3 is 2.11 bits per heavy atom. The lowest BCUT2D eigenvalue weighted by atomic mass is 9.90. The molecular formula is C41H70FN5O8. The molecule has 2 fully saturated rings. The van der Waals surface area contributed by atoms with E-state index in [1.165, 1.54) is 45.8 Å². The molecule has 0 aromatic heterocycles. The van der Waals surface area contributed by atoms with Crippen LogP contribution in [-0.4, -0.2) is 122 Å². The summed E-state index contributed by atoms with van der Waals surface area (Å²) in [6.45, 7) is 18.5. The van der Waals surface area contributed by atoms with Crippen LogP contribution in [0.25, 0.3) is 0 Å². The van der Waals surface area contributed by atoms with E-state index >= 15 is 0 Å². The topological polar surface area (TPSA) is 167 Å². The zero-order valence-electron chi connectivity index (χ0n) is 35.3. The number of halogens is 1. The molecule has 0 bridgehead atoms. The van der Waals surface area contributed by atoms with Crippen LogP contribution in [-0.2, 0) is 33.4 Å². The SMILES string of the molecule is C=C/C=C(CC(NC(=O)C(C)C(OC)C1CC2CC2N1C(=O)CC(OC)C(C(C)CC)N(C)C(=O)CNC(=O)C(NC)C(C)C)C(=O)O)\C(F)=C/C.CCC. The number of rotatable bonds is 22. The predicted octanol–water partition coefficient (Wildman–Crippen LogP) is 4.63. The van der Waals surface area contributed by atoms with Gasteiger partial charge in [-0.1, -0.05) is 86.1 Å². The molecule has 4 N–H and O–H groups in total. The average molecular weight is 780 g/mol. The summed E-state index contributed by atoms with van der Waals surface area (Å²) in [6.07, 6.45) is 5.57. The molecule has 1 aliphatic heterocycles. The van der Waals surface area contributed by atoms with Gasteiger partial charge in [0, 0.05) is 33.7 Å². The molecule has 1 saturated carbocycles. The number of carbonyl (C=O) groups excluding carboxylic acids is 4. The van der Waals surface area contributed by atoms with Crippen LogP contribution < -0.4 is 16.0 Å². The predicted molar refractivity (Wildman–Crippen MR) is 213 cm³/mol. The second-order valence-corrected chi connectivity index (χ2v) is 15.1. The molecule has 314 valence electrons. The zero-order chi connectivity index (χ0) is 42.2. The number of likely N-dealkylation sites (N-methyl/N-ethyl adjacent to an activating group) is 2. The van der Waals surface area contributed by atoms with Crippen LogP contribution in [0.4, 0.5) is 4.39 Å². The molecule has 2 aliphatic rings. The Morgan fingerprint density at radius 2 is 1.64 bits per heavy atom. The van der Waals surface area contributed by atoms with E-state index < -0.39 is 60.0 Å². The molecule has 0 aromatic rings. The number of carboxylic acids is 1. The number of carbonyl (C=O) groups is 5. The fraction of sp³-hybridized carbons (Fsp3) is 0.732. The molecule has 0 spiro atoms. The van der Waals surface area contributed by atoms with Crippen molar-refractivity contribution in [1.29, 1.82) is 0 Å². The number of aliphatic carboxylic acids is 1. The van der Waals surface area contributed by atoms with Gasteiger partial charge in [-0.15, -0.1) is 0 Å². The Labute approximate surface area is 328 Å². The van der Waals surface area contributed by atoms with Crippen LogP contribution in [0.2, 0.25) is 0 Å². The minimum absolute atomic E-state index is 0.0252. The lowest BCUT2D eigenvalue weighted by molar-refractivity contribution is -0.148. The molecule has 1 aliphatic carbocycles. The van der Waals surface area contributed by atoms with Crippen molar-refractivity contribution < 1.29 is 42.9 Å². The van der Waals surface area contributed by atoms with Crippen molar-refractivity contribution in [3.05, 3.63) is 36.2 Å². The summed E-state index contributed by atoms with van der Waals surface area (Å²) < 4.78 is 26.2. The lowest BCUT2D eigenvalue weighted by Gasteiger charge is -2.40. The number of methoxy groups -OCH3 is 2. The molecule has 2 rings (SSSR count). The lowest BCUT2D eigenvalue weighted by Crippen LogP contribution is -2.56. The quantitative estimate of drug-likeness (QED) is 0.115. The second kappa shape index (κ2) is 24.1. The van der Waals surface area contributed by atoms with Crippen molar-refractivity contribution in [3.8, 4) is 0 Å². The highest BCUT2D eigenvalue weighted by atomic mass is 19.1. The number of nitrogens with one attached hydrogen (secondary N) is 3. The summed E-state index contributed by atoms with van der Waals surface area (Å²) in [5.74, 6) is -3.95. The minimum atomic E-state index is -1.41. The minimum Gasteiger partial charge on any atom is -0.480 e. The fourth-order valence-electron chi connectivity index (χ4n) is 7.49. The molecule has 1 heterocycles. The number of allylic oxidation sites excluding steroid dienone is 4. The Morgan fingerprint density at radius 1 is 1.02 bits per heavy atom. The summed E-state index contributed by atoms with van der Waals surface area (Å²) in [4.78, 5) is 69.3. The molecule has 10 unspecified atom stereocenters. The second-order valence-electron chi connectivity index (χ2n) is 15.1. The van der Waals surface area contributed by atoms with Gasteiger partial charge < -0.3 is 40.3 Å². The maximum Gasteiger partial charge on any atom is 0.326 e. The van der Waals surface area contributed by atoms with Crippen molar-refractivity contribution in [2.45, 2.75) is 136 Å². The van der Waals surface area contributed by atoms with Crippen molar-refractivity contribution in [3.63, 3.8) is 0 Å². The van der Waals surface area contributed by atoms with E-state index in [1.807, 2.05) is 27.7 Å². The number of hydrogen-bond donors (Lipinski definition) is 4. The first-order valence-electron chi connectivity index (χ1n) is 19.7. The number of carboxylic acid groups (broad SMARTS) is 1. The first-order valence-corrected chi connectivity index (χ1v) is 19.7. The van der Waals surface area contributed by atoms with Gasteiger partial charge in [-0.3, -0.25) is 19.2 Å². The van der Waals surface area contributed by atoms with Gasteiger partial charge in [0.1, 0.15) is 11.9 Å². The molecule has 0 radical (unpaired) electrons. The van der Waals surface area contributed by atoms with Crippen LogP contribution >= 0.6 is 0 Å². The van der Waals surface area contributed by atoms with Gasteiger partial charge in [-0.05, 0) is 50.1 Å². The highest BCUT2D eigenvalue weighted by Gasteiger charge is 2.57. The van der Waals surface area contributed by atoms with E-state index in [2.05, 4.69) is 36.4 Å². The molecule has 4 amide bonds. The van der Waals surface area contributed by atoms with Gasteiger partial charge in [0.05, 0.1) is 49.2 Å². The molecule has 55 heavy (non-hydrogen) atoms. The highest BCUT2D eigenvalue weighted by molar-refractivity contribution is 5.88. The van der Waals surface area contributed by atoms with Gasteiger partial charge in [0.2, 0.25) is 23.6 Å². The van der Waals surface area contributed by atoms with Crippen molar-refractivity contribution in [2.24, 2.45) is 23.7 Å². The molecule has 1 saturated heterocycles. The maximum absolute atomic E-state index is 14.4. The van der Waals surface area contributed by atoms with Crippen LogP contribution in [0.3, 0.4) is 0 Å². The van der Waals surface area contributed by atoms with Gasteiger partial charge in [0.15, 0.2) is 0 Å². The third-order valence-corrected chi connectivity index (χ3v) is 10.7. The number of fused-ring (bicyclic) bond motifs is 1. The van der Waals surface area contributed by atoms with E-state index in [9.17, 15) is 33.5 Å². The molecule has 13 nitrogen and oxygen atoms in total. The first-order chi connectivity index (χ1) is 25.9. The standard InChI is InChI=1S/C38H62FN5O8.C3H8/c1-12-15-24(26(39)14-3)16-27(38(49)50)42-36(47)23(7)35(52-11)29-18-25-17-28(25)44(29)31(45)19-30(51-10)34(22(6)13-2)43(9)32(46)20-41-37(48)33(40-8)21(4)5;1-3-2/h12,14-15,21-23,25,27-30,33-35,40H,1,13,16-20H2,2-11H3,(H,41,48)(H,42,47)(H,49,50);3H2,1-2H3/b24-15-,26-14+;. The monoisotopic (exact) mass is 780 g/mol. The van der Waals surface area contributed by atoms with E-state index in [0.29, 0.717) is 12.8 Å². The number of hydrogen-bond acceptors (Lipinski definition) is 8. The highest BCUT2D eigenvalue weighted by Crippen LogP contribution is 2.50. The van der Waals surface area contributed by atoms with Crippen LogP contribution in [0.5, 0.6) is 0 Å². The number of ether oxygens (including phenoxy) is 2. The van der Waals surface area contributed by atoms with Crippen molar-refractivity contribution in [1.82, 2.24) is 25.8 Å². The third-order valence-electron chi connectivity index (χ3n) is 10.7. The van der Waals surface area contributed by atoms with Crippen LogP contribution in [0.1, 0.15) is 93.9 Å². The van der Waals surface area contributed by atoms with E-state index in [4.69, 9.17) is 9.47 Å². The average Bonchev–Trinajstić information content (AvgIpc) is 3.81. The Balaban J connectivity index is 0.00000487. The first kappa shape index (κ1) is 49.4.